The second-order valence-corrected chi connectivity index (χ2v) is 12.6. The van der Waals surface area contributed by atoms with Crippen LogP contribution in [-0.2, 0) is 12.7 Å². The minimum Gasteiger partial charge on any atom is -0.479 e. The van der Waals surface area contributed by atoms with E-state index in [2.05, 4.69) is 54.5 Å². The van der Waals surface area contributed by atoms with Gasteiger partial charge in [-0.1, -0.05) is 73.3 Å². The van der Waals surface area contributed by atoms with E-state index in [1.54, 1.807) is 12.1 Å². The van der Waals surface area contributed by atoms with Crippen LogP contribution in [0.5, 0.6) is 5.75 Å². The topological polar surface area (TPSA) is 22.1 Å². The Bertz CT molecular complexity index is 1880. The summed E-state index contributed by atoms with van der Waals surface area (Å²) >= 11 is 0. The predicted octanol–water partition coefficient (Wildman–Crippen LogP) is 9.78. The Kier molecular flexibility index (Phi) is 7.49. The number of nitrogens with zero attached hydrogens (tertiary/aromatic N) is 2. The van der Waals surface area contributed by atoms with Crippen LogP contribution in [0.4, 0.5) is 13.2 Å². The lowest BCUT2D eigenvalue weighted by atomic mass is 9.71. The number of halogens is 3. The van der Waals surface area contributed by atoms with Crippen LogP contribution in [0.25, 0.3) is 27.8 Å². The highest BCUT2D eigenvalue weighted by atomic mass is 19.4. The molecule has 5 aromatic rings. The van der Waals surface area contributed by atoms with Gasteiger partial charge in [-0.2, -0.15) is 13.2 Å². The summed E-state index contributed by atoms with van der Waals surface area (Å²) in [6.45, 7) is 10.6. The minimum atomic E-state index is -4.37. The third kappa shape index (κ3) is 5.42. The number of ether oxygens (including phenoxy) is 1. The number of pyridine rings is 1. The molecule has 3 saturated heterocycles. The van der Waals surface area contributed by atoms with Gasteiger partial charge < -0.3 is 9.22 Å². The van der Waals surface area contributed by atoms with E-state index in [1.807, 2.05) is 48.7 Å². The number of aromatic nitrogens is 1. The van der Waals surface area contributed by atoms with E-state index >= 15 is 0 Å². The number of rotatable bonds is 8. The molecule has 45 heavy (non-hydrogen) atoms. The third-order valence-electron chi connectivity index (χ3n) is 10.1. The van der Waals surface area contributed by atoms with Crippen LogP contribution in [0.2, 0.25) is 0 Å². The van der Waals surface area contributed by atoms with Gasteiger partial charge in [-0.3, -0.25) is 4.98 Å². The van der Waals surface area contributed by atoms with Crippen molar-refractivity contribution in [2.24, 2.45) is 11.8 Å². The summed E-state index contributed by atoms with van der Waals surface area (Å²) in [6.07, 6.45) is 3.06. The molecule has 0 spiro atoms. The molecule has 3 aliphatic heterocycles. The standard InChI is InChI=1S/C39H36F3N2O/c1-3-26-14-17-35-34(22-26)33(18-20-43-35)38(45-37-11-7-9-29-8-5-6-10-32(29)37)36-23-30-19-21-44(36,25-28(30)4-2)24-27-12-15-31(16-13-27)39(40,41)42/h3-18,20,22,28,30,36,38H,1-2,19,21,23-25H2/q+1/t28?,30-,36+,38-,44+/m0/s1. The number of fused-ring (bicyclic) bond motifs is 5. The van der Waals surface area contributed by atoms with Gasteiger partial charge in [-0.15, -0.1) is 6.58 Å². The van der Waals surface area contributed by atoms with Crippen LogP contribution >= 0.6 is 0 Å². The molecule has 0 N–H and O–H groups in total. The van der Waals surface area contributed by atoms with Crippen molar-refractivity contribution in [1.29, 1.82) is 0 Å². The minimum absolute atomic E-state index is 0.0548. The van der Waals surface area contributed by atoms with Crippen molar-refractivity contribution < 1.29 is 22.4 Å². The fraction of sp³-hybridized carbons (Fsp3) is 0.256. The maximum atomic E-state index is 13.4. The van der Waals surface area contributed by atoms with Gasteiger partial charge in [0, 0.05) is 46.9 Å². The summed E-state index contributed by atoms with van der Waals surface area (Å²) in [5.41, 5.74) is 3.23. The van der Waals surface area contributed by atoms with Gasteiger partial charge in [-0.25, -0.2) is 0 Å². The van der Waals surface area contributed by atoms with E-state index in [0.717, 1.165) is 74.5 Å². The molecular formula is C39H36F3N2O+. The Labute approximate surface area is 261 Å². The molecule has 0 amide bonds. The average Bonchev–Trinajstić information content (AvgIpc) is 3.06. The SMILES string of the molecule is C=Cc1ccc2nccc([C@H](Oc3cccc4ccccc34)[C@H]3C[C@@H]4CC[N@@+]3(Cc3ccc(C(F)(F)F)cc3)CC4C=C)c2c1. The van der Waals surface area contributed by atoms with E-state index in [4.69, 9.17) is 4.74 Å². The first-order valence-electron chi connectivity index (χ1n) is 15.6. The molecule has 1 unspecified atom stereocenters. The summed E-state index contributed by atoms with van der Waals surface area (Å²) in [6, 6.07) is 28.4. The van der Waals surface area contributed by atoms with Crippen molar-refractivity contribution in [2.45, 2.75) is 37.7 Å². The first kappa shape index (κ1) is 29.3. The molecule has 4 heterocycles. The normalized spacial score (nSPS) is 23.6. The molecule has 6 heteroatoms. The van der Waals surface area contributed by atoms with E-state index in [9.17, 15) is 13.2 Å². The van der Waals surface area contributed by atoms with Crippen molar-refractivity contribution in [1.82, 2.24) is 4.98 Å². The monoisotopic (exact) mass is 605 g/mol. The average molecular weight is 606 g/mol. The van der Waals surface area contributed by atoms with E-state index in [0.29, 0.717) is 18.4 Å². The highest BCUT2D eigenvalue weighted by Gasteiger charge is 2.55. The molecule has 0 saturated carbocycles. The molecule has 4 aromatic carbocycles. The second kappa shape index (κ2) is 11.5. The Morgan fingerprint density at radius 1 is 0.933 bits per heavy atom. The largest absolute Gasteiger partial charge is 0.479 e. The van der Waals surface area contributed by atoms with Crippen molar-refractivity contribution in [3.05, 3.63) is 139 Å². The number of hydrogen-bond acceptors (Lipinski definition) is 2. The Hall–Kier alpha value is -4.42. The van der Waals surface area contributed by atoms with Crippen LogP contribution in [0.1, 0.15) is 41.2 Å². The highest BCUT2D eigenvalue weighted by molar-refractivity contribution is 5.88. The van der Waals surface area contributed by atoms with Gasteiger partial charge in [-0.05, 0) is 53.3 Å². The van der Waals surface area contributed by atoms with Gasteiger partial charge in [0.1, 0.15) is 18.3 Å². The van der Waals surface area contributed by atoms with Crippen LogP contribution < -0.4 is 4.74 Å². The van der Waals surface area contributed by atoms with Gasteiger partial charge >= 0.3 is 6.18 Å². The molecule has 8 rings (SSSR count). The lowest BCUT2D eigenvalue weighted by molar-refractivity contribution is -0.984. The number of benzene rings is 4. The maximum Gasteiger partial charge on any atom is 0.416 e. The van der Waals surface area contributed by atoms with Crippen molar-refractivity contribution in [3.8, 4) is 5.75 Å². The summed E-state index contributed by atoms with van der Waals surface area (Å²) < 4.78 is 48.3. The van der Waals surface area contributed by atoms with E-state index < -0.39 is 11.7 Å². The lowest BCUT2D eigenvalue weighted by Gasteiger charge is -2.58. The summed E-state index contributed by atoms with van der Waals surface area (Å²) in [5, 5.41) is 3.17. The highest BCUT2D eigenvalue weighted by Crippen LogP contribution is 2.49. The summed E-state index contributed by atoms with van der Waals surface area (Å²) in [4.78, 5) is 4.69. The molecule has 3 fully saturated rings. The number of quaternary nitrogens is 1. The van der Waals surface area contributed by atoms with Crippen LogP contribution in [0, 0.1) is 11.8 Å². The molecule has 228 valence electrons. The molecule has 1 aromatic heterocycles. The van der Waals surface area contributed by atoms with Crippen molar-refractivity contribution in [3.63, 3.8) is 0 Å². The summed E-state index contributed by atoms with van der Waals surface area (Å²) in [7, 11) is 0. The zero-order valence-electron chi connectivity index (χ0n) is 25.1. The Balaban J connectivity index is 1.38. The zero-order valence-corrected chi connectivity index (χ0v) is 25.1. The Morgan fingerprint density at radius 2 is 1.73 bits per heavy atom. The second-order valence-electron chi connectivity index (χ2n) is 12.6. The van der Waals surface area contributed by atoms with Crippen LogP contribution in [-0.4, -0.2) is 28.6 Å². The zero-order chi connectivity index (χ0) is 31.2. The first-order chi connectivity index (χ1) is 21.8. The summed E-state index contributed by atoms with van der Waals surface area (Å²) in [5.74, 6) is 1.62. The maximum absolute atomic E-state index is 13.4. The van der Waals surface area contributed by atoms with Crippen LogP contribution in [0.15, 0.2) is 116 Å². The van der Waals surface area contributed by atoms with E-state index in [-0.39, 0.29) is 12.1 Å². The van der Waals surface area contributed by atoms with Gasteiger partial charge in [0.25, 0.3) is 0 Å². The fourth-order valence-electron chi connectivity index (χ4n) is 7.87. The van der Waals surface area contributed by atoms with Gasteiger partial charge in [0.15, 0.2) is 6.10 Å². The predicted molar refractivity (Wildman–Crippen MR) is 174 cm³/mol. The lowest BCUT2D eigenvalue weighted by Crippen LogP contribution is -2.68. The quantitative estimate of drug-likeness (QED) is 0.130. The molecule has 2 bridgehead atoms. The van der Waals surface area contributed by atoms with E-state index in [1.165, 1.54) is 12.1 Å². The fourth-order valence-corrected chi connectivity index (χ4v) is 7.87. The molecule has 0 radical (unpaired) electrons. The molecule has 3 nitrogen and oxygen atoms in total. The third-order valence-corrected chi connectivity index (χ3v) is 10.1. The Morgan fingerprint density at radius 3 is 2.51 bits per heavy atom. The van der Waals surface area contributed by atoms with Gasteiger partial charge in [0.2, 0.25) is 0 Å². The van der Waals surface area contributed by atoms with Gasteiger partial charge in [0.05, 0.1) is 24.2 Å². The molecular weight excluding hydrogens is 569 g/mol. The number of alkyl halides is 3. The first-order valence-corrected chi connectivity index (χ1v) is 15.6. The molecule has 3 aliphatic rings. The number of hydrogen-bond donors (Lipinski definition) is 0. The smallest absolute Gasteiger partial charge is 0.416 e. The molecule has 5 atom stereocenters. The number of piperidine rings is 3. The molecule has 0 aliphatic carbocycles. The van der Waals surface area contributed by atoms with Crippen molar-refractivity contribution >= 4 is 27.8 Å². The van der Waals surface area contributed by atoms with Crippen LogP contribution in [0.3, 0.4) is 0 Å². The van der Waals surface area contributed by atoms with Crippen molar-refractivity contribution in [2.75, 3.05) is 13.1 Å².